The van der Waals surface area contributed by atoms with E-state index in [4.69, 9.17) is 21.7 Å². The number of halogens is 1. The van der Waals surface area contributed by atoms with E-state index in [2.05, 4.69) is 15.9 Å². The van der Waals surface area contributed by atoms with E-state index in [0.717, 1.165) is 21.3 Å². The molecule has 0 aliphatic carbocycles. The van der Waals surface area contributed by atoms with Gasteiger partial charge in [0.05, 0.1) is 28.8 Å². The van der Waals surface area contributed by atoms with Crippen molar-refractivity contribution in [3.8, 4) is 11.5 Å². The molecule has 0 saturated carbocycles. The molecule has 1 heterocycles. The lowest BCUT2D eigenvalue weighted by molar-refractivity contribution is -0.113. The first-order valence-electron chi connectivity index (χ1n) is 8.29. The number of anilines is 1. The van der Waals surface area contributed by atoms with Crippen LogP contribution in [0.5, 0.6) is 11.5 Å². The van der Waals surface area contributed by atoms with Crippen LogP contribution in [0.25, 0.3) is 6.08 Å². The highest BCUT2D eigenvalue weighted by atomic mass is 79.9. The van der Waals surface area contributed by atoms with Gasteiger partial charge in [-0.1, -0.05) is 41.7 Å². The molecule has 3 rings (SSSR count). The van der Waals surface area contributed by atoms with E-state index in [9.17, 15) is 4.79 Å². The van der Waals surface area contributed by atoms with E-state index >= 15 is 0 Å². The molecule has 4 nitrogen and oxygen atoms in total. The summed E-state index contributed by atoms with van der Waals surface area (Å²) in [5, 5.41) is 0. The summed E-state index contributed by atoms with van der Waals surface area (Å²) in [6.07, 6.45) is 1.82. The minimum Gasteiger partial charge on any atom is -0.493 e. The van der Waals surface area contributed by atoms with Gasteiger partial charge >= 0.3 is 0 Å². The Kier molecular flexibility index (Phi) is 6.24. The number of carbonyl (C=O) groups excluding carboxylic acids is 1. The third kappa shape index (κ3) is 4.20. The highest BCUT2D eigenvalue weighted by Crippen LogP contribution is 2.40. The molecule has 1 aliphatic heterocycles. The summed E-state index contributed by atoms with van der Waals surface area (Å²) in [7, 11) is 1.59. The second-order valence-electron chi connectivity index (χ2n) is 5.82. The number of thiocarbonyl (C=S) groups is 1. The van der Waals surface area contributed by atoms with Crippen molar-refractivity contribution in [3.63, 3.8) is 0 Å². The Morgan fingerprint density at radius 1 is 1.26 bits per heavy atom. The Morgan fingerprint density at radius 2 is 1.96 bits per heavy atom. The Labute approximate surface area is 176 Å². The molecular formula is C20H18BrNO3S2. The molecule has 1 saturated heterocycles. The summed E-state index contributed by atoms with van der Waals surface area (Å²) in [5.41, 5.74) is 2.73. The lowest BCUT2D eigenvalue weighted by Gasteiger charge is -2.14. The summed E-state index contributed by atoms with van der Waals surface area (Å²) in [4.78, 5) is 15.0. The number of hydrogen-bond acceptors (Lipinski definition) is 5. The van der Waals surface area contributed by atoms with Crippen molar-refractivity contribution in [1.29, 1.82) is 0 Å². The van der Waals surface area contributed by atoms with Crippen LogP contribution in [0.2, 0.25) is 0 Å². The first kappa shape index (κ1) is 19.9. The average Bonchev–Trinajstić information content (AvgIpc) is 2.91. The zero-order valence-corrected chi connectivity index (χ0v) is 18.3. The van der Waals surface area contributed by atoms with Crippen LogP contribution in [0.4, 0.5) is 5.69 Å². The highest BCUT2D eigenvalue weighted by molar-refractivity contribution is 9.10. The molecule has 2 aromatic carbocycles. The number of ether oxygens (including phenoxy) is 2. The standard InChI is InChI=1S/C20H18BrNO3S2/c1-4-25-18-15(21)9-13(10-16(18)24-3)11-17-19(23)22(20(26)27-17)14-7-5-12(2)6-8-14/h5-11H,4H2,1-3H3/b17-11-. The van der Waals surface area contributed by atoms with Crippen molar-refractivity contribution in [3.05, 3.63) is 56.9 Å². The van der Waals surface area contributed by atoms with Gasteiger partial charge in [-0.2, -0.15) is 0 Å². The van der Waals surface area contributed by atoms with E-state index in [1.54, 1.807) is 12.0 Å². The molecule has 1 aliphatic rings. The van der Waals surface area contributed by atoms with Crippen LogP contribution in [0.1, 0.15) is 18.1 Å². The van der Waals surface area contributed by atoms with Crippen LogP contribution < -0.4 is 14.4 Å². The average molecular weight is 464 g/mol. The molecule has 0 bridgehead atoms. The van der Waals surface area contributed by atoms with Gasteiger partial charge in [0.1, 0.15) is 0 Å². The molecule has 0 atom stereocenters. The Balaban J connectivity index is 1.94. The van der Waals surface area contributed by atoms with Crippen molar-refractivity contribution >= 4 is 61.9 Å². The monoisotopic (exact) mass is 463 g/mol. The quantitative estimate of drug-likeness (QED) is 0.427. The molecule has 2 aromatic rings. The first-order valence-corrected chi connectivity index (χ1v) is 10.3. The highest BCUT2D eigenvalue weighted by Gasteiger charge is 2.33. The molecule has 0 unspecified atom stereocenters. The first-order chi connectivity index (χ1) is 12.9. The maximum atomic E-state index is 12.9. The predicted octanol–water partition coefficient (Wildman–Crippen LogP) is 5.57. The number of aryl methyl sites for hydroxylation is 1. The van der Waals surface area contributed by atoms with E-state index < -0.39 is 0 Å². The fourth-order valence-corrected chi connectivity index (χ4v) is 4.52. The minimum absolute atomic E-state index is 0.127. The SMILES string of the molecule is CCOc1c(Br)cc(/C=C2\SC(=S)N(c3ccc(C)cc3)C2=O)cc1OC. The lowest BCUT2D eigenvalue weighted by Crippen LogP contribution is -2.27. The van der Waals surface area contributed by atoms with Crippen LogP contribution in [-0.4, -0.2) is 23.9 Å². The molecule has 1 fully saturated rings. The van der Waals surface area contributed by atoms with Gasteiger partial charge in [0.25, 0.3) is 5.91 Å². The molecule has 1 amide bonds. The van der Waals surface area contributed by atoms with Crippen molar-refractivity contribution in [1.82, 2.24) is 0 Å². The number of amides is 1. The van der Waals surface area contributed by atoms with Crippen molar-refractivity contribution in [2.75, 3.05) is 18.6 Å². The van der Waals surface area contributed by atoms with Crippen LogP contribution in [0, 0.1) is 6.92 Å². The zero-order chi connectivity index (χ0) is 19.6. The topological polar surface area (TPSA) is 38.8 Å². The van der Waals surface area contributed by atoms with Gasteiger partial charge < -0.3 is 9.47 Å². The van der Waals surface area contributed by atoms with Gasteiger partial charge in [0.15, 0.2) is 15.8 Å². The zero-order valence-electron chi connectivity index (χ0n) is 15.1. The third-order valence-electron chi connectivity index (χ3n) is 3.92. The Morgan fingerprint density at radius 3 is 2.59 bits per heavy atom. The number of thioether (sulfide) groups is 1. The summed E-state index contributed by atoms with van der Waals surface area (Å²) in [6, 6.07) is 11.5. The summed E-state index contributed by atoms with van der Waals surface area (Å²) in [6.45, 7) is 4.45. The fourth-order valence-electron chi connectivity index (χ4n) is 2.64. The number of carbonyl (C=O) groups is 1. The second-order valence-corrected chi connectivity index (χ2v) is 8.35. The normalized spacial score (nSPS) is 15.6. The van der Waals surface area contributed by atoms with Crippen LogP contribution in [0.15, 0.2) is 45.8 Å². The van der Waals surface area contributed by atoms with Gasteiger partial charge in [-0.25, -0.2) is 0 Å². The Hall–Kier alpha value is -1.83. The van der Waals surface area contributed by atoms with E-state index in [1.807, 2.05) is 56.3 Å². The summed E-state index contributed by atoms with van der Waals surface area (Å²) >= 11 is 10.2. The van der Waals surface area contributed by atoms with Crippen LogP contribution >= 0.6 is 39.9 Å². The number of methoxy groups -OCH3 is 1. The second kappa shape index (κ2) is 8.46. The smallest absolute Gasteiger partial charge is 0.270 e. The van der Waals surface area contributed by atoms with Crippen LogP contribution in [-0.2, 0) is 4.79 Å². The fraction of sp³-hybridized carbons (Fsp3) is 0.200. The Bertz CT molecular complexity index is 926. The molecule has 0 radical (unpaired) electrons. The maximum Gasteiger partial charge on any atom is 0.270 e. The van der Waals surface area contributed by atoms with Crippen molar-refractivity contribution < 1.29 is 14.3 Å². The largest absolute Gasteiger partial charge is 0.493 e. The molecular weight excluding hydrogens is 446 g/mol. The summed E-state index contributed by atoms with van der Waals surface area (Å²) < 4.78 is 12.3. The van der Waals surface area contributed by atoms with Crippen molar-refractivity contribution in [2.24, 2.45) is 0 Å². The van der Waals surface area contributed by atoms with Gasteiger partial charge in [-0.05, 0) is 65.7 Å². The van der Waals surface area contributed by atoms with Gasteiger partial charge in [0.2, 0.25) is 0 Å². The van der Waals surface area contributed by atoms with E-state index in [0.29, 0.717) is 27.3 Å². The molecule has 0 N–H and O–H groups in total. The molecule has 7 heteroatoms. The van der Waals surface area contributed by atoms with Gasteiger partial charge in [-0.3, -0.25) is 9.69 Å². The van der Waals surface area contributed by atoms with Crippen LogP contribution in [0.3, 0.4) is 0 Å². The van der Waals surface area contributed by atoms with Gasteiger partial charge in [-0.15, -0.1) is 0 Å². The number of benzene rings is 2. The lowest BCUT2D eigenvalue weighted by atomic mass is 10.1. The van der Waals surface area contributed by atoms with Crippen molar-refractivity contribution in [2.45, 2.75) is 13.8 Å². The van der Waals surface area contributed by atoms with Gasteiger partial charge in [0, 0.05) is 0 Å². The molecule has 0 spiro atoms. The summed E-state index contributed by atoms with van der Waals surface area (Å²) in [5.74, 6) is 1.12. The number of nitrogens with zero attached hydrogens (tertiary/aromatic N) is 1. The van der Waals surface area contributed by atoms with E-state index in [-0.39, 0.29) is 5.91 Å². The molecule has 27 heavy (non-hydrogen) atoms. The molecule has 140 valence electrons. The number of hydrogen-bond donors (Lipinski definition) is 0. The third-order valence-corrected chi connectivity index (χ3v) is 5.82. The van der Waals surface area contributed by atoms with E-state index in [1.165, 1.54) is 11.8 Å². The minimum atomic E-state index is -0.127. The molecule has 0 aromatic heterocycles. The predicted molar refractivity (Wildman–Crippen MR) is 119 cm³/mol. The number of rotatable bonds is 5. The maximum absolute atomic E-state index is 12.9.